The molecule has 0 aliphatic carbocycles. The van der Waals surface area contributed by atoms with Crippen molar-refractivity contribution in [2.75, 3.05) is 5.32 Å². The number of hydrogen-bond donors (Lipinski definition) is 3. The number of halogens is 2. The predicted octanol–water partition coefficient (Wildman–Crippen LogP) is 3.82. The number of carbonyl (C=O) groups is 1. The highest BCUT2D eigenvalue weighted by Gasteiger charge is 2.31. The van der Waals surface area contributed by atoms with E-state index in [4.69, 9.17) is 35.4 Å². The molecule has 5 nitrogen and oxygen atoms in total. The number of amides is 1. The Labute approximate surface area is 160 Å². The third-order valence-electron chi connectivity index (χ3n) is 3.69. The fourth-order valence-corrected chi connectivity index (χ4v) is 3.37. The van der Waals surface area contributed by atoms with Gasteiger partial charge in [0.15, 0.2) is 5.11 Å². The molecule has 0 bridgehead atoms. The highest BCUT2D eigenvalue weighted by molar-refractivity contribution is 7.80. The minimum absolute atomic E-state index is 0.297. The van der Waals surface area contributed by atoms with Gasteiger partial charge in [0.1, 0.15) is 5.82 Å². The van der Waals surface area contributed by atoms with Gasteiger partial charge in [0.25, 0.3) is 5.91 Å². The molecule has 1 aliphatic rings. The molecule has 0 radical (unpaired) electrons. The summed E-state index contributed by atoms with van der Waals surface area (Å²) >= 11 is 17.5. The number of benzene rings is 1. The summed E-state index contributed by atoms with van der Waals surface area (Å²) in [4.78, 5) is 17.0. The van der Waals surface area contributed by atoms with Crippen LogP contribution in [0, 0.1) is 0 Å². The lowest BCUT2D eigenvalue weighted by Crippen LogP contribution is -2.45. The van der Waals surface area contributed by atoms with E-state index >= 15 is 0 Å². The van der Waals surface area contributed by atoms with Gasteiger partial charge in [0, 0.05) is 21.9 Å². The lowest BCUT2D eigenvalue weighted by Gasteiger charge is -2.30. The van der Waals surface area contributed by atoms with Crippen molar-refractivity contribution >= 4 is 52.3 Å². The normalized spacial score (nSPS) is 16.9. The first-order chi connectivity index (χ1) is 12.0. The summed E-state index contributed by atoms with van der Waals surface area (Å²) in [5.74, 6) is 0.164. The largest absolute Gasteiger partial charge is 0.351 e. The average molecular weight is 393 g/mol. The predicted molar refractivity (Wildman–Crippen MR) is 104 cm³/mol. The zero-order valence-corrected chi connectivity index (χ0v) is 15.5. The molecule has 1 aromatic heterocycles. The average Bonchev–Trinajstić information content (AvgIpc) is 2.54. The van der Waals surface area contributed by atoms with Crippen molar-refractivity contribution in [1.82, 2.24) is 15.6 Å². The first-order valence-electron chi connectivity index (χ1n) is 7.41. The van der Waals surface area contributed by atoms with Gasteiger partial charge >= 0.3 is 0 Å². The fourth-order valence-electron chi connectivity index (χ4n) is 2.58. The molecule has 1 aromatic carbocycles. The van der Waals surface area contributed by atoms with Crippen LogP contribution in [0.2, 0.25) is 10.0 Å². The molecule has 0 unspecified atom stereocenters. The Morgan fingerprint density at radius 1 is 1.28 bits per heavy atom. The van der Waals surface area contributed by atoms with Crippen LogP contribution in [0.5, 0.6) is 0 Å². The third-order valence-corrected chi connectivity index (χ3v) is 4.48. The lowest BCUT2D eigenvalue weighted by molar-refractivity contribution is -0.113. The van der Waals surface area contributed by atoms with Crippen LogP contribution in [-0.2, 0) is 4.79 Å². The number of carbonyl (C=O) groups excluding carboxylic acids is 1. The molecule has 128 valence electrons. The summed E-state index contributed by atoms with van der Waals surface area (Å²) in [6, 6.07) is 9.92. The van der Waals surface area contributed by atoms with E-state index in [1.54, 1.807) is 49.5 Å². The van der Waals surface area contributed by atoms with E-state index in [0.717, 1.165) is 0 Å². The maximum atomic E-state index is 12.8. The Hall–Kier alpha value is -2.15. The number of hydrogen-bond acceptors (Lipinski definition) is 3. The maximum absolute atomic E-state index is 12.8. The van der Waals surface area contributed by atoms with Crippen molar-refractivity contribution in [3.63, 3.8) is 0 Å². The van der Waals surface area contributed by atoms with Crippen LogP contribution in [0.25, 0.3) is 0 Å². The molecule has 1 aliphatic heterocycles. The van der Waals surface area contributed by atoms with E-state index in [1.165, 1.54) is 0 Å². The van der Waals surface area contributed by atoms with Crippen molar-refractivity contribution < 1.29 is 4.79 Å². The minimum Gasteiger partial charge on any atom is -0.351 e. The third kappa shape index (κ3) is 3.92. The number of pyridine rings is 1. The topological polar surface area (TPSA) is 66.0 Å². The molecule has 8 heteroatoms. The van der Waals surface area contributed by atoms with Gasteiger partial charge in [-0.2, -0.15) is 0 Å². The fraction of sp³-hybridized carbons (Fsp3) is 0.118. The zero-order valence-electron chi connectivity index (χ0n) is 13.1. The molecule has 3 rings (SSSR count). The van der Waals surface area contributed by atoms with Crippen LogP contribution in [0.15, 0.2) is 53.9 Å². The van der Waals surface area contributed by atoms with Crippen LogP contribution in [-0.4, -0.2) is 16.0 Å². The summed E-state index contributed by atoms with van der Waals surface area (Å²) < 4.78 is 0. The molecule has 1 amide bonds. The molecule has 0 fully saturated rings. The second-order valence-corrected chi connectivity index (χ2v) is 6.66. The summed E-state index contributed by atoms with van der Waals surface area (Å²) in [5.41, 5.74) is 1.83. The van der Waals surface area contributed by atoms with Crippen LogP contribution in [0.1, 0.15) is 18.5 Å². The van der Waals surface area contributed by atoms with Gasteiger partial charge < -0.3 is 16.0 Å². The summed E-state index contributed by atoms with van der Waals surface area (Å²) in [5, 5.41) is 10.2. The first kappa shape index (κ1) is 17.7. The van der Waals surface area contributed by atoms with Gasteiger partial charge in [-0.3, -0.25) is 4.79 Å². The van der Waals surface area contributed by atoms with Gasteiger partial charge in [-0.15, -0.1) is 0 Å². The van der Waals surface area contributed by atoms with E-state index in [1.807, 2.05) is 0 Å². The molecule has 0 spiro atoms. The molecule has 2 heterocycles. The van der Waals surface area contributed by atoms with Crippen LogP contribution in [0.3, 0.4) is 0 Å². The molecule has 2 aromatic rings. The summed E-state index contributed by atoms with van der Waals surface area (Å²) in [7, 11) is 0. The monoisotopic (exact) mass is 392 g/mol. The van der Waals surface area contributed by atoms with Crippen molar-refractivity contribution in [3.8, 4) is 0 Å². The second kappa shape index (κ2) is 7.39. The van der Waals surface area contributed by atoms with E-state index in [-0.39, 0.29) is 5.91 Å². The van der Waals surface area contributed by atoms with E-state index < -0.39 is 6.04 Å². The number of nitrogens with one attached hydrogen (secondary N) is 3. The van der Waals surface area contributed by atoms with Gasteiger partial charge in [0.05, 0.1) is 11.6 Å². The highest BCUT2D eigenvalue weighted by Crippen LogP contribution is 2.33. The number of nitrogens with zero attached hydrogens (tertiary/aromatic N) is 1. The van der Waals surface area contributed by atoms with Gasteiger partial charge in [-0.1, -0.05) is 35.3 Å². The number of allylic oxidation sites excluding steroid dienone is 1. The first-order valence-corrected chi connectivity index (χ1v) is 8.57. The van der Waals surface area contributed by atoms with Gasteiger partial charge in [-0.05, 0) is 49.0 Å². The second-order valence-electron chi connectivity index (χ2n) is 5.41. The lowest BCUT2D eigenvalue weighted by atomic mass is 9.95. The van der Waals surface area contributed by atoms with Crippen molar-refractivity contribution in [2.24, 2.45) is 0 Å². The molecular formula is C17H14Cl2N4OS. The van der Waals surface area contributed by atoms with E-state index in [9.17, 15) is 4.79 Å². The maximum Gasteiger partial charge on any atom is 0.256 e. The number of aromatic nitrogens is 1. The van der Waals surface area contributed by atoms with Gasteiger partial charge in [0.2, 0.25) is 0 Å². The Morgan fingerprint density at radius 3 is 2.76 bits per heavy atom. The zero-order chi connectivity index (χ0) is 18.0. The minimum atomic E-state index is -0.498. The molecule has 1 atom stereocenters. The van der Waals surface area contributed by atoms with Gasteiger partial charge in [-0.25, -0.2) is 4.98 Å². The Morgan fingerprint density at radius 2 is 2.08 bits per heavy atom. The Balaban J connectivity index is 1.99. The molecule has 0 saturated carbocycles. The standard InChI is InChI=1S/C17H14Cl2N4OS/c1-9-14(16(24)22-13-4-2-3-7-20-13)15(23-17(25)21-9)11-6-5-10(18)8-12(11)19/h2-8,15H,1H3,(H,20,22,24)(H2,21,23,25)/t15-/m1/s1. The Kier molecular flexibility index (Phi) is 5.22. The van der Waals surface area contributed by atoms with Crippen molar-refractivity contribution in [1.29, 1.82) is 0 Å². The number of anilines is 1. The molecule has 0 saturated heterocycles. The van der Waals surface area contributed by atoms with E-state index in [0.29, 0.717) is 37.8 Å². The summed E-state index contributed by atoms with van der Waals surface area (Å²) in [6.07, 6.45) is 1.61. The molecule has 3 N–H and O–H groups in total. The van der Waals surface area contributed by atoms with E-state index in [2.05, 4.69) is 20.9 Å². The number of thiocarbonyl (C=S) groups is 1. The summed E-state index contributed by atoms with van der Waals surface area (Å²) in [6.45, 7) is 1.79. The highest BCUT2D eigenvalue weighted by atomic mass is 35.5. The smallest absolute Gasteiger partial charge is 0.256 e. The van der Waals surface area contributed by atoms with Crippen molar-refractivity contribution in [2.45, 2.75) is 13.0 Å². The quantitative estimate of drug-likeness (QED) is 0.692. The SMILES string of the molecule is CC1=C(C(=O)Nc2ccccn2)[C@@H](c2ccc(Cl)cc2Cl)NC(=S)N1. The molecule has 25 heavy (non-hydrogen) atoms. The van der Waals surface area contributed by atoms with Crippen LogP contribution >= 0.6 is 35.4 Å². The van der Waals surface area contributed by atoms with Crippen molar-refractivity contribution in [3.05, 3.63) is 69.5 Å². The Bertz CT molecular complexity index is 870. The number of rotatable bonds is 3. The van der Waals surface area contributed by atoms with Crippen LogP contribution in [0.4, 0.5) is 5.82 Å². The van der Waals surface area contributed by atoms with Crippen LogP contribution < -0.4 is 16.0 Å². The molecular weight excluding hydrogens is 379 g/mol.